The van der Waals surface area contributed by atoms with E-state index in [1.165, 1.54) is 43.5 Å². The summed E-state index contributed by atoms with van der Waals surface area (Å²) in [5, 5.41) is 12.3. The van der Waals surface area contributed by atoms with E-state index in [9.17, 15) is 18.5 Å². The van der Waals surface area contributed by atoms with Crippen molar-refractivity contribution in [1.82, 2.24) is 0 Å². The van der Waals surface area contributed by atoms with Gasteiger partial charge >= 0.3 is 5.97 Å². The Morgan fingerprint density at radius 2 is 1.76 bits per heavy atom. The van der Waals surface area contributed by atoms with E-state index in [1.54, 1.807) is 18.2 Å². The highest BCUT2D eigenvalue weighted by Gasteiger charge is 2.20. The molecule has 0 unspecified atom stereocenters. The third-order valence-corrected chi connectivity index (χ3v) is 5.13. The van der Waals surface area contributed by atoms with Crippen LogP contribution in [0.5, 0.6) is 0 Å². The van der Waals surface area contributed by atoms with E-state index in [0.29, 0.717) is 16.3 Å². The molecule has 0 aliphatic heterocycles. The van der Waals surface area contributed by atoms with Crippen molar-refractivity contribution < 1.29 is 17.9 Å². The quantitative estimate of drug-likeness (QED) is 0.634. The molecule has 6 nitrogen and oxygen atoms in total. The van der Waals surface area contributed by atoms with Gasteiger partial charge in [0.25, 0.3) is 0 Å². The molecule has 2 aromatic rings. The Morgan fingerprint density at radius 3 is 2.28 bits per heavy atom. The maximum Gasteiger partial charge on any atom is 0.337 e. The van der Waals surface area contributed by atoms with Gasteiger partial charge in [-0.1, -0.05) is 11.6 Å². The van der Waals surface area contributed by atoms with E-state index < -0.39 is 20.7 Å². The number of carbonyl (C=O) groups is 1. The third-order valence-electron chi connectivity index (χ3n) is 3.20. The number of nitrogens with zero attached hydrogens (tertiary/aromatic N) is 1. The van der Waals surface area contributed by atoms with Crippen molar-refractivity contribution in [2.45, 2.75) is 4.90 Å². The molecular formula is C17H13ClN2O4S. The molecule has 0 heterocycles. The summed E-state index contributed by atoms with van der Waals surface area (Å²) in [7, 11) is -2.68. The number of halogens is 1. The average molecular weight is 377 g/mol. The summed E-state index contributed by atoms with van der Waals surface area (Å²) in [5.41, 5.74) is 0.859. The summed E-state index contributed by atoms with van der Waals surface area (Å²) in [5.74, 6) is -0.481. The zero-order valence-electron chi connectivity index (χ0n) is 13.1. The molecule has 25 heavy (non-hydrogen) atoms. The highest BCUT2D eigenvalue weighted by atomic mass is 35.5. The molecule has 0 amide bonds. The van der Waals surface area contributed by atoms with Crippen molar-refractivity contribution in [1.29, 1.82) is 5.26 Å². The van der Waals surface area contributed by atoms with E-state index in [-0.39, 0.29) is 4.90 Å². The van der Waals surface area contributed by atoms with E-state index >= 15 is 0 Å². The largest absolute Gasteiger partial charge is 0.465 e. The molecule has 0 bridgehead atoms. The number of hydrogen-bond acceptors (Lipinski definition) is 6. The van der Waals surface area contributed by atoms with Gasteiger partial charge in [0.15, 0.2) is 4.91 Å². The van der Waals surface area contributed by atoms with Gasteiger partial charge in [-0.15, -0.1) is 0 Å². The summed E-state index contributed by atoms with van der Waals surface area (Å²) in [6, 6.07) is 13.3. The van der Waals surface area contributed by atoms with Crippen LogP contribution in [0.1, 0.15) is 10.4 Å². The van der Waals surface area contributed by atoms with Crippen molar-refractivity contribution in [2.24, 2.45) is 0 Å². The van der Waals surface area contributed by atoms with Crippen LogP contribution in [0.15, 0.2) is 64.5 Å². The lowest BCUT2D eigenvalue weighted by atomic mass is 10.2. The molecule has 0 saturated heterocycles. The molecule has 0 aliphatic carbocycles. The zero-order valence-corrected chi connectivity index (χ0v) is 14.6. The Bertz CT molecular complexity index is 944. The van der Waals surface area contributed by atoms with Crippen LogP contribution in [0.2, 0.25) is 5.02 Å². The Labute approximate surface area is 150 Å². The van der Waals surface area contributed by atoms with Crippen LogP contribution in [0, 0.1) is 11.3 Å². The van der Waals surface area contributed by atoms with Gasteiger partial charge in [-0.25, -0.2) is 13.2 Å². The number of methoxy groups -OCH3 is 1. The number of carbonyl (C=O) groups excluding carboxylic acids is 1. The van der Waals surface area contributed by atoms with Crippen molar-refractivity contribution in [2.75, 3.05) is 12.4 Å². The molecule has 8 heteroatoms. The van der Waals surface area contributed by atoms with E-state index in [0.717, 1.165) is 6.20 Å². The minimum absolute atomic E-state index is 0.0347. The SMILES string of the molecule is COC(=O)c1ccc(N/C=C(/C#N)S(=O)(=O)c2ccc(Cl)cc2)cc1. The fraction of sp³-hybridized carbons (Fsp3) is 0.0588. The van der Waals surface area contributed by atoms with Gasteiger partial charge in [-0.3, -0.25) is 0 Å². The minimum Gasteiger partial charge on any atom is -0.465 e. The average Bonchev–Trinajstić information content (AvgIpc) is 2.62. The number of sulfone groups is 1. The number of nitriles is 1. The van der Waals surface area contributed by atoms with Gasteiger partial charge in [0.05, 0.1) is 17.6 Å². The van der Waals surface area contributed by atoms with Gasteiger partial charge < -0.3 is 10.1 Å². The van der Waals surface area contributed by atoms with Crippen LogP contribution in [0.4, 0.5) is 5.69 Å². The number of rotatable bonds is 5. The third kappa shape index (κ3) is 4.38. The summed E-state index contributed by atoms with van der Waals surface area (Å²) < 4.78 is 29.5. The minimum atomic E-state index is -3.96. The first-order chi connectivity index (χ1) is 11.9. The summed E-state index contributed by atoms with van der Waals surface area (Å²) >= 11 is 5.74. The van der Waals surface area contributed by atoms with Crippen LogP contribution < -0.4 is 5.32 Å². The molecule has 128 valence electrons. The molecule has 2 aromatic carbocycles. The molecule has 0 saturated carbocycles. The Morgan fingerprint density at radius 1 is 1.16 bits per heavy atom. The zero-order chi connectivity index (χ0) is 18.4. The summed E-state index contributed by atoms with van der Waals surface area (Å²) in [4.78, 5) is 10.9. The lowest BCUT2D eigenvalue weighted by molar-refractivity contribution is 0.0601. The number of ether oxygens (including phenoxy) is 1. The van der Waals surface area contributed by atoms with Crippen molar-refractivity contribution in [3.05, 3.63) is 70.2 Å². The van der Waals surface area contributed by atoms with Crippen molar-refractivity contribution in [3.8, 4) is 6.07 Å². The summed E-state index contributed by atoms with van der Waals surface area (Å²) in [6.07, 6.45) is 1.09. The second-order valence-electron chi connectivity index (χ2n) is 4.79. The lowest BCUT2D eigenvalue weighted by Gasteiger charge is -2.05. The maximum atomic E-state index is 12.4. The summed E-state index contributed by atoms with van der Waals surface area (Å²) in [6.45, 7) is 0. The van der Waals surface area contributed by atoms with Crippen LogP contribution in [0.3, 0.4) is 0 Å². The topological polar surface area (TPSA) is 96.3 Å². The van der Waals surface area contributed by atoms with Crippen LogP contribution >= 0.6 is 11.6 Å². The molecule has 0 aliphatic rings. The molecule has 0 atom stereocenters. The van der Waals surface area contributed by atoms with Crippen molar-refractivity contribution >= 4 is 33.1 Å². The predicted molar refractivity (Wildman–Crippen MR) is 93.7 cm³/mol. The highest BCUT2D eigenvalue weighted by molar-refractivity contribution is 7.95. The number of allylic oxidation sites excluding steroid dienone is 1. The van der Waals surface area contributed by atoms with Gasteiger partial charge in [0.1, 0.15) is 6.07 Å². The molecule has 0 fully saturated rings. The normalized spacial score (nSPS) is 11.5. The fourth-order valence-corrected chi connectivity index (χ4v) is 3.09. The van der Waals surface area contributed by atoms with E-state index in [4.69, 9.17) is 11.6 Å². The van der Waals surface area contributed by atoms with Gasteiger partial charge in [-0.2, -0.15) is 5.26 Å². The number of anilines is 1. The van der Waals surface area contributed by atoms with Crippen LogP contribution in [-0.4, -0.2) is 21.5 Å². The van der Waals surface area contributed by atoms with Crippen LogP contribution in [0.25, 0.3) is 0 Å². The van der Waals surface area contributed by atoms with Gasteiger partial charge in [0, 0.05) is 16.9 Å². The molecular weight excluding hydrogens is 364 g/mol. The van der Waals surface area contributed by atoms with Crippen LogP contribution in [-0.2, 0) is 14.6 Å². The standard InChI is InChI=1S/C17H13ClN2O4S/c1-24-17(21)12-2-6-14(7-3-12)20-11-16(10-19)25(22,23)15-8-4-13(18)5-9-15/h2-9,11,20H,1H3/b16-11-. The van der Waals surface area contributed by atoms with Gasteiger partial charge in [0.2, 0.25) is 9.84 Å². The molecule has 1 N–H and O–H groups in total. The predicted octanol–water partition coefficient (Wildman–Crippen LogP) is 3.38. The first-order valence-electron chi connectivity index (χ1n) is 6.94. The monoisotopic (exact) mass is 376 g/mol. The van der Waals surface area contributed by atoms with Gasteiger partial charge in [-0.05, 0) is 48.5 Å². The molecule has 0 aromatic heterocycles. The Balaban J connectivity index is 2.24. The maximum absolute atomic E-state index is 12.4. The fourth-order valence-electron chi connectivity index (χ4n) is 1.88. The number of benzene rings is 2. The first-order valence-corrected chi connectivity index (χ1v) is 8.80. The number of esters is 1. The molecule has 2 rings (SSSR count). The van der Waals surface area contributed by atoms with Crippen molar-refractivity contribution in [3.63, 3.8) is 0 Å². The second-order valence-corrected chi connectivity index (χ2v) is 7.15. The smallest absolute Gasteiger partial charge is 0.337 e. The first kappa shape index (κ1) is 18.5. The molecule has 0 spiro atoms. The molecule has 0 radical (unpaired) electrons. The van der Waals surface area contributed by atoms with E-state index in [2.05, 4.69) is 10.1 Å². The Kier molecular flexibility index (Phi) is 5.80. The van der Waals surface area contributed by atoms with E-state index in [1.807, 2.05) is 0 Å². The lowest BCUT2D eigenvalue weighted by Crippen LogP contribution is -2.06. The number of nitrogens with one attached hydrogen (secondary N) is 1. The highest BCUT2D eigenvalue weighted by Crippen LogP contribution is 2.21. The number of hydrogen-bond donors (Lipinski definition) is 1. The second kappa shape index (κ2) is 7.83. The Hall–Kier alpha value is -2.82.